The van der Waals surface area contributed by atoms with E-state index in [1.54, 1.807) is 6.07 Å². The summed E-state index contributed by atoms with van der Waals surface area (Å²) in [6.45, 7) is 4.38. The Balaban J connectivity index is 1.63. The first kappa shape index (κ1) is 18.1. The number of nitrogens with one attached hydrogen (secondary N) is 1. The predicted octanol–water partition coefficient (Wildman–Crippen LogP) is 5.47. The standard InChI is InChI=1S/C20H17F2NO2S/c1-12-3-5-16(7-13(12)2)25-10-14-8-19(26-11-14)20(24)23-18-6-4-15(21)9-17(18)22/h3-9,11H,10H2,1-2H3,(H,23,24). The normalized spacial score (nSPS) is 10.6. The van der Waals surface area contributed by atoms with Crippen LogP contribution in [0.5, 0.6) is 5.75 Å². The number of carbonyl (C=O) groups is 1. The molecule has 134 valence electrons. The van der Waals surface area contributed by atoms with Crippen LogP contribution < -0.4 is 10.1 Å². The topological polar surface area (TPSA) is 38.3 Å². The molecule has 3 nitrogen and oxygen atoms in total. The van der Waals surface area contributed by atoms with Crippen molar-refractivity contribution < 1.29 is 18.3 Å². The van der Waals surface area contributed by atoms with Crippen LogP contribution in [0, 0.1) is 25.5 Å². The van der Waals surface area contributed by atoms with Gasteiger partial charge in [-0.25, -0.2) is 8.78 Å². The van der Waals surface area contributed by atoms with Crippen molar-refractivity contribution in [2.24, 2.45) is 0 Å². The number of benzene rings is 2. The van der Waals surface area contributed by atoms with Gasteiger partial charge in [-0.3, -0.25) is 4.79 Å². The Morgan fingerprint density at radius 2 is 1.88 bits per heavy atom. The average molecular weight is 373 g/mol. The maximum atomic E-state index is 13.6. The van der Waals surface area contributed by atoms with Crippen LogP contribution in [-0.4, -0.2) is 5.91 Å². The highest BCUT2D eigenvalue weighted by molar-refractivity contribution is 7.12. The molecule has 0 aliphatic rings. The summed E-state index contributed by atoms with van der Waals surface area (Å²) in [6, 6.07) is 10.6. The van der Waals surface area contributed by atoms with Gasteiger partial charge in [-0.15, -0.1) is 11.3 Å². The summed E-state index contributed by atoms with van der Waals surface area (Å²) in [5, 5.41) is 4.26. The zero-order valence-electron chi connectivity index (χ0n) is 14.3. The van der Waals surface area contributed by atoms with Crippen molar-refractivity contribution in [3.8, 4) is 5.75 Å². The van der Waals surface area contributed by atoms with Gasteiger partial charge in [0.25, 0.3) is 5.91 Å². The van der Waals surface area contributed by atoms with Gasteiger partial charge in [-0.2, -0.15) is 0 Å². The Hall–Kier alpha value is -2.73. The molecule has 1 heterocycles. The van der Waals surface area contributed by atoms with Crippen LogP contribution in [0.2, 0.25) is 0 Å². The SMILES string of the molecule is Cc1ccc(OCc2csc(C(=O)Nc3ccc(F)cc3F)c2)cc1C. The van der Waals surface area contributed by atoms with Crippen molar-refractivity contribution in [1.29, 1.82) is 0 Å². The summed E-state index contributed by atoms with van der Waals surface area (Å²) in [4.78, 5) is 12.6. The molecule has 0 spiro atoms. The number of anilines is 1. The number of carbonyl (C=O) groups excluding carboxylic acids is 1. The van der Waals surface area contributed by atoms with Gasteiger partial charge >= 0.3 is 0 Å². The second-order valence-electron chi connectivity index (χ2n) is 5.93. The van der Waals surface area contributed by atoms with Crippen LogP contribution >= 0.6 is 11.3 Å². The van der Waals surface area contributed by atoms with E-state index < -0.39 is 17.5 Å². The number of hydrogen-bond donors (Lipinski definition) is 1. The molecule has 0 aliphatic carbocycles. The molecule has 1 N–H and O–H groups in total. The van der Waals surface area contributed by atoms with Crippen LogP contribution in [-0.2, 0) is 6.61 Å². The van der Waals surface area contributed by atoms with Gasteiger partial charge in [-0.05, 0) is 60.7 Å². The lowest BCUT2D eigenvalue weighted by molar-refractivity contribution is 0.103. The first-order valence-corrected chi connectivity index (χ1v) is 8.84. The lowest BCUT2D eigenvalue weighted by atomic mass is 10.1. The molecule has 0 unspecified atom stereocenters. The Morgan fingerprint density at radius 1 is 1.08 bits per heavy atom. The van der Waals surface area contributed by atoms with Crippen molar-refractivity contribution >= 4 is 22.9 Å². The monoisotopic (exact) mass is 373 g/mol. The van der Waals surface area contributed by atoms with Crippen LogP contribution in [0.4, 0.5) is 14.5 Å². The molecule has 0 aliphatic heterocycles. The maximum absolute atomic E-state index is 13.6. The van der Waals surface area contributed by atoms with Gasteiger partial charge in [0.05, 0.1) is 10.6 Å². The van der Waals surface area contributed by atoms with Gasteiger partial charge in [0.2, 0.25) is 0 Å². The minimum Gasteiger partial charge on any atom is -0.489 e. The zero-order valence-corrected chi connectivity index (χ0v) is 15.1. The fourth-order valence-corrected chi connectivity index (χ4v) is 3.11. The molecule has 2 aromatic carbocycles. The van der Waals surface area contributed by atoms with Crippen LogP contribution in [0.1, 0.15) is 26.4 Å². The average Bonchev–Trinajstić information content (AvgIpc) is 3.07. The van der Waals surface area contributed by atoms with Crippen molar-refractivity contribution in [1.82, 2.24) is 0 Å². The smallest absolute Gasteiger partial charge is 0.265 e. The molecule has 0 saturated carbocycles. The van der Waals surface area contributed by atoms with Crippen molar-refractivity contribution in [2.45, 2.75) is 20.5 Å². The summed E-state index contributed by atoms with van der Waals surface area (Å²) in [5.74, 6) is -1.19. The number of thiophene rings is 1. The Bertz CT molecular complexity index is 953. The molecule has 0 atom stereocenters. The van der Waals surface area contributed by atoms with Gasteiger partial charge in [0, 0.05) is 11.6 Å². The second-order valence-corrected chi connectivity index (χ2v) is 6.84. The van der Waals surface area contributed by atoms with Gasteiger partial charge < -0.3 is 10.1 Å². The highest BCUT2D eigenvalue weighted by Gasteiger charge is 2.13. The van der Waals surface area contributed by atoms with Gasteiger partial charge in [0.1, 0.15) is 24.0 Å². The fraction of sp³-hybridized carbons (Fsp3) is 0.150. The van der Waals surface area contributed by atoms with Crippen molar-refractivity contribution in [3.63, 3.8) is 0 Å². The fourth-order valence-electron chi connectivity index (χ4n) is 2.32. The molecule has 0 saturated heterocycles. The van der Waals surface area contributed by atoms with E-state index >= 15 is 0 Å². The molecule has 3 rings (SSSR count). The number of rotatable bonds is 5. The lowest BCUT2D eigenvalue weighted by Gasteiger charge is -2.07. The van der Waals surface area contributed by atoms with Crippen LogP contribution in [0.15, 0.2) is 47.8 Å². The third kappa shape index (κ3) is 4.26. The quantitative estimate of drug-likeness (QED) is 0.644. The largest absolute Gasteiger partial charge is 0.489 e. The minimum absolute atomic E-state index is 0.0577. The van der Waals surface area contributed by atoms with Crippen molar-refractivity contribution in [2.75, 3.05) is 5.32 Å². The molecule has 3 aromatic rings. The molecule has 26 heavy (non-hydrogen) atoms. The first-order chi connectivity index (χ1) is 12.4. The molecule has 0 fully saturated rings. The van der Waals surface area contributed by atoms with Gasteiger partial charge in [0.15, 0.2) is 0 Å². The molecule has 0 radical (unpaired) electrons. The Kier molecular flexibility index (Phi) is 5.32. The Morgan fingerprint density at radius 3 is 2.62 bits per heavy atom. The highest BCUT2D eigenvalue weighted by atomic mass is 32.1. The summed E-state index contributed by atoms with van der Waals surface area (Å²) >= 11 is 1.24. The van der Waals surface area contributed by atoms with E-state index in [-0.39, 0.29) is 5.69 Å². The van der Waals surface area contributed by atoms with E-state index in [1.165, 1.54) is 23.0 Å². The summed E-state index contributed by atoms with van der Waals surface area (Å²) < 4.78 is 32.3. The van der Waals surface area contributed by atoms with Gasteiger partial charge in [-0.1, -0.05) is 6.07 Å². The van der Waals surface area contributed by atoms with E-state index in [9.17, 15) is 13.6 Å². The summed E-state index contributed by atoms with van der Waals surface area (Å²) in [7, 11) is 0. The summed E-state index contributed by atoms with van der Waals surface area (Å²) in [5.41, 5.74) is 3.13. The van der Waals surface area contributed by atoms with Crippen molar-refractivity contribution in [3.05, 3.63) is 81.0 Å². The second kappa shape index (κ2) is 7.66. The number of ether oxygens (including phenoxy) is 1. The van der Waals surface area contributed by atoms with E-state index in [1.807, 2.05) is 37.4 Å². The predicted molar refractivity (Wildman–Crippen MR) is 98.9 cm³/mol. The van der Waals surface area contributed by atoms with E-state index in [4.69, 9.17) is 4.74 Å². The van der Waals surface area contributed by atoms with E-state index in [2.05, 4.69) is 5.32 Å². The van der Waals surface area contributed by atoms with E-state index in [0.717, 1.165) is 29.0 Å². The number of halogens is 2. The molecular formula is C20H17F2NO2S. The number of amides is 1. The third-order valence-corrected chi connectivity index (χ3v) is 4.92. The highest BCUT2D eigenvalue weighted by Crippen LogP contribution is 2.22. The minimum atomic E-state index is -0.812. The lowest BCUT2D eigenvalue weighted by Crippen LogP contribution is -2.11. The molecule has 0 bridgehead atoms. The first-order valence-electron chi connectivity index (χ1n) is 7.96. The molecule has 6 heteroatoms. The molecule has 1 amide bonds. The number of aryl methyl sites for hydroxylation is 2. The van der Waals surface area contributed by atoms with Crippen LogP contribution in [0.3, 0.4) is 0 Å². The summed E-state index contributed by atoms with van der Waals surface area (Å²) in [6.07, 6.45) is 0. The van der Waals surface area contributed by atoms with E-state index in [0.29, 0.717) is 11.5 Å². The third-order valence-electron chi connectivity index (χ3n) is 3.94. The molecule has 1 aromatic heterocycles. The maximum Gasteiger partial charge on any atom is 0.265 e. The zero-order chi connectivity index (χ0) is 18.7. The number of hydrogen-bond acceptors (Lipinski definition) is 3. The van der Waals surface area contributed by atoms with Crippen LogP contribution in [0.25, 0.3) is 0 Å². The molecular weight excluding hydrogens is 356 g/mol. The Labute approximate surface area is 154 Å².